The Morgan fingerprint density at radius 3 is 2.52 bits per heavy atom. The van der Waals surface area contributed by atoms with Gasteiger partial charge in [0.05, 0.1) is 13.2 Å². The molecule has 0 bridgehead atoms. The summed E-state index contributed by atoms with van der Waals surface area (Å²) in [7, 11) is 1.41. The number of pyridine rings is 1. The molecule has 156 valence electrons. The zero-order chi connectivity index (χ0) is 21.6. The van der Waals surface area contributed by atoms with Gasteiger partial charge >= 0.3 is 0 Å². The number of benzene rings is 1. The number of carbonyl (C=O) groups is 2. The fourth-order valence-corrected chi connectivity index (χ4v) is 2.80. The number of ether oxygens (including phenoxy) is 2. The van der Waals surface area contributed by atoms with Gasteiger partial charge in [-0.2, -0.15) is 0 Å². The van der Waals surface area contributed by atoms with Crippen LogP contribution in [0.25, 0.3) is 0 Å². The van der Waals surface area contributed by atoms with Crippen LogP contribution in [-0.2, 0) is 11.2 Å². The zero-order valence-electron chi connectivity index (χ0n) is 16.8. The molecule has 1 aromatic carbocycles. The molecule has 0 aliphatic carbocycles. The number of halogens is 2. The van der Waals surface area contributed by atoms with Gasteiger partial charge in [0, 0.05) is 23.4 Å². The Kier molecular flexibility index (Phi) is 7.64. The minimum atomic E-state index is -2.59. The van der Waals surface area contributed by atoms with Crippen molar-refractivity contribution in [2.45, 2.75) is 39.7 Å². The molecular weight excluding hydrogens is 382 g/mol. The maximum atomic E-state index is 12.7. The molecule has 0 saturated carbocycles. The van der Waals surface area contributed by atoms with E-state index in [0.717, 1.165) is 0 Å². The van der Waals surface area contributed by atoms with Crippen molar-refractivity contribution in [1.29, 1.82) is 0 Å². The highest BCUT2D eigenvalue weighted by atomic mass is 19.3. The lowest BCUT2D eigenvalue weighted by atomic mass is 10.1. The number of Topliss-reactive ketones (excluding diaryl/α,β-unsaturated/α-hetero) is 1. The molecule has 1 heterocycles. The first-order chi connectivity index (χ1) is 13.7. The Hall–Kier alpha value is -3.03. The summed E-state index contributed by atoms with van der Waals surface area (Å²) in [6.07, 6.45) is -2.43. The summed E-state index contributed by atoms with van der Waals surface area (Å²) in [6.45, 7) is 4.28. The molecule has 0 spiro atoms. The summed E-state index contributed by atoms with van der Waals surface area (Å²) in [5, 5.41) is 2.87. The summed E-state index contributed by atoms with van der Waals surface area (Å²) in [4.78, 5) is 28.3. The lowest BCUT2D eigenvalue weighted by molar-refractivity contribution is -0.116. The van der Waals surface area contributed by atoms with Crippen molar-refractivity contribution in [3.63, 3.8) is 0 Å². The number of nitrogens with one attached hydrogen (secondary N) is 1. The van der Waals surface area contributed by atoms with Gasteiger partial charge in [0.2, 0.25) is 0 Å². The number of nitrogens with zero attached hydrogens (tertiary/aromatic N) is 1. The molecule has 0 radical (unpaired) electrons. The van der Waals surface area contributed by atoms with Gasteiger partial charge in [-0.05, 0) is 50.6 Å². The third-order valence-corrected chi connectivity index (χ3v) is 4.10. The van der Waals surface area contributed by atoms with Crippen molar-refractivity contribution < 1.29 is 27.8 Å². The van der Waals surface area contributed by atoms with E-state index in [4.69, 9.17) is 9.47 Å². The van der Waals surface area contributed by atoms with Crippen molar-refractivity contribution in [3.8, 4) is 11.5 Å². The van der Waals surface area contributed by atoms with Crippen LogP contribution in [0.1, 0.15) is 47.2 Å². The van der Waals surface area contributed by atoms with Gasteiger partial charge in [-0.3, -0.25) is 14.6 Å². The first-order valence-electron chi connectivity index (χ1n) is 9.06. The molecule has 2 rings (SSSR count). The van der Waals surface area contributed by atoms with E-state index in [-0.39, 0.29) is 29.9 Å². The summed E-state index contributed by atoms with van der Waals surface area (Å²) in [5.74, 6) is 0.148. The number of aromatic nitrogens is 1. The molecule has 0 saturated heterocycles. The first kappa shape index (κ1) is 22.3. The molecule has 2 aromatic rings. The second-order valence-electron chi connectivity index (χ2n) is 6.67. The average molecular weight is 406 g/mol. The topological polar surface area (TPSA) is 77.5 Å². The lowest BCUT2D eigenvalue weighted by Crippen LogP contribution is -2.27. The standard InChI is InChI=1S/C21H24F2N2O4/c1-12-7-16(9-17(24-12)8-13(2)26)21(27)25-14(3)15-5-6-18(19(10-15)28-4)29-11-20(22)23/h5-7,9-10,14,20H,8,11H2,1-4H3,(H,25,27). The van der Waals surface area contributed by atoms with E-state index in [2.05, 4.69) is 10.3 Å². The summed E-state index contributed by atoms with van der Waals surface area (Å²) in [6, 6.07) is 7.69. The van der Waals surface area contributed by atoms with Gasteiger partial charge < -0.3 is 14.8 Å². The number of aryl methyl sites for hydroxylation is 1. The molecule has 29 heavy (non-hydrogen) atoms. The number of methoxy groups -OCH3 is 1. The largest absolute Gasteiger partial charge is 0.493 e. The van der Waals surface area contributed by atoms with Gasteiger partial charge in [-0.15, -0.1) is 0 Å². The van der Waals surface area contributed by atoms with Gasteiger partial charge in [0.15, 0.2) is 11.5 Å². The van der Waals surface area contributed by atoms with Crippen LogP contribution in [0.5, 0.6) is 11.5 Å². The maximum Gasteiger partial charge on any atom is 0.272 e. The van der Waals surface area contributed by atoms with E-state index in [1.165, 1.54) is 20.1 Å². The van der Waals surface area contributed by atoms with Gasteiger partial charge in [0.25, 0.3) is 12.3 Å². The highest BCUT2D eigenvalue weighted by Crippen LogP contribution is 2.30. The Morgan fingerprint density at radius 2 is 1.90 bits per heavy atom. The minimum Gasteiger partial charge on any atom is -0.493 e. The molecule has 8 heteroatoms. The predicted octanol–water partition coefficient (Wildman–Crippen LogP) is 3.67. The third kappa shape index (κ3) is 6.51. The number of rotatable bonds is 9. The highest BCUT2D eigenvalue weighted by molar-refractivity contribution is 5.94. The second kappa shape index (κ2) is 9.95. The molecule has 6 nitrogen and oxygen atoms in total. The van der Waals surface area contributed by atoms with Gasteiger partial charge in [-0.1, -0.05) is 6.07 Å². The average Bonchev–Trinajstić information content (AvgIpc) is 2.64. The molecule has 1 unspecified atom stereocenters. The molecule has 1 aromatic heterocycles. The SMILES string of the molecule is COc1cc(C(C)NC(=O)c2cc(C)nc(CC(C)=O)c2)ccc1OCC(F)F. The summed E-state index contributed by atoms with van der Waals surface area (Å²) < 4.78 is 35.0. The Labute approximate surface area is 168 Å². The van der Waals surface area contributed by atoms with Crippen LogP contribution in [0.3, 0.4) is 0 Å². The number of amides is 1. The van der Waals surface area contributed by atoms with Crippen molar-refractivity contribution in [2.75, 3.05) is 13.7 Å². The fourth-order valence-electron chi connectivity index (χ4n) is 2.80. The molecule has 1 N–H and O–H groups in total. The number of hydrogen-bond acceptors (Lipinski definition) is 5. The smallest absolute Gasteiger partial charge is 0.272 e. The van der Waals surface area contributed by atoms with Crippen LogP contribution in [0, 0.1) is 6.92 Å². The Bertz CT molecular complexity index is 887. The van der Waals surface area contributed by atoms with Gasteiger partial charge in [0.1, 0.15) is 12.4 Å². The van der Waals surface area contributed by atoms with E-state index >= 15 is 0 Å². The Morgan fingerprint density at radius 1 is 1.17 bits per heavy atom. The first-order valence-corrected chi connectivity index (χ1v) is 9.06. The third-order valence-electron chi connectivity index (χ3n) is 4.10. The van der Waals surface area contributed by atoms with Crippen LogP contribution >= 0.6 is 0 Å². The van der Waals surface area contributed by atoms with Crippen molar-refractivity contribution in [1.82, 2.24) is 10.3 Å². The fraction of sp³-hybridized carbons (Fsp3) is 0.381. The monoisotopic (exact) mass is 406 g/mol. The Balaban J connectivity index is 2.15. The van der Waals surface area contributed by atoms with Crippen molar-refractivity contribution in [3.05, 3.63) is 52.8 Å². The summed E-state index contributed by atoms with van der Waals surface area (Å²) >= 11 is 0. The van der Waals surface area contributed by atoms with Crippen LogP contribution in [0.4, 0.5) is 8.78 Å². The molecule has 1 atom stereocenters. The molecule has 0 fully saturated rings. The summed E-state index contributed by atoms with van der Waals surface area (Å²) in [5.41, 5.74) is 2.31. The van der Waals surface area contributed by atoms with E-state index in [0.29, 0.717) is 28.3 Å². The van der Waals surface area contributed by atoms with Crippen molar-refractivity contribution in [2.24, 2.45) is 0 Å². The zero-order valence-corrected chi connectivity index (χ0v) is 16.8. The molecular formula is C21H24F2N2O4. The predicted molar refractivity (Wildman–Crippen MR) is 104 cm³/mol. The highest BCUT2D eigenvalue weighted by Gasteiger charge is 2.16. The molecule has 0 aliphatic heterocycles. The number of carbonyl (C=O) groups excluding carboxylic acids is 2. The number of ketones is 1. The molecule has 0 aliphatic rings. The lowest BCUT2D eigenvalue weighted by Gasteiger charge is -2.17. The number of hydrogen-bond donors (Lipinski definition) is 1. The normalized spacial score (nSPS) is 11.8. The van der Waals surface area contributed by atoms with Crippen LogP contribution in [0.15, 0.2) is 30.3 Å². The van der Waals surface area contributed by atoms with E-state index < -0.39 is 13.0 Å². The van der Waals surface area contributed by atoms with E-state index in [1.54, 1.807) is 38.1 Å². The van der Waals surface area contributed by atoms with Crippen molar-refractivity contribution >= 4 is 11.7 Å². The van der Waals surface area contributed by atoms with Gasteiger partial charge in [-0.25, -0.2) is 8.78 Å². The molecule has 1 amide bonds. The minimum absolute atomic E-state index is 0.0379. The number of alkyl halides is 2. The van der Waals surface area contributed by atoms with Crippen LogP contribution in [0.2, 0.25) is 0 Å². The van der Waals surface area contributed by atoms with Crippen LogP contribution < -0.4 is 14.8 Å². The second-order valence-corrected chi connectivity index (χ2v) is 6.67. The van der Waals surface area contributed by atoms with E-state index in [1.807, 2.05) is 0 Å². The van der Waals surface area contributed by atoms with E-state index in [9.17, 15) is 18.4 Å². The quantitative estimate of drug-likeness (QED) is 0.688. The van der Waals surface area contributed by atoms with Crippen LogP contribution in [-0.4, -0.2) is 36.8 Å². The maximum absolute atomic E-state index is 12.7.